The third-order valence-corrected chi connectivity index (χ3v) is 4.92. The second-order valence-electron chi connectivity index (χ2n) is 3.85. The third-order valence-electron chi connectivity index (χ3n) is 2.54. The molecule has 0 fully saturated rings. The van der Waals surface area contributed by atoms with E-state index in [1.54, 1.807) is 24.3 Å². The molecule has 102 valence electrons. The van der Waals surface area contributed by atoms with Crippen molar-refractivity contribution in [2.45, 2.75) is 9.79 Å². The van der Waals surface area contributed by atoms with Crippen LogP contribution in [0.25, 0.3) is 0 Å². The topological polar surface area (TPSA) is 46.5 Å². The molecule has 0 spiro atoms. The molecule has 6 heteroatoms. The number of rotatable bonds is 4. The molecule has 0 saturated heterocycles. The summed E-state index contributed by atoms with van der Waals surface area (Å²) in [6.07, 6.45) is 1.44. The first-order valence-electron chi connectivity index (χ1n) is 5.63. The van der Waals surface area contributed by atoms with E-state index in [0.717, 1.165) is 0 Å². The number of nitrogens with zero attached hydrogens (tertiary/aromatic N) is 1. The van der Waals surface area contributed by atoms with Crippen LogP contribution in [-0.2, 0) is 9.84 Å². The van der Waals surface area contributed by atoms with Gasteiger partial charge in [0, 0.05) is 11.6 Å². The van der Waals surface area contributed by atoms with Crippen LogP contribution >= 0.6 is 23.8 Å². The highest BCUT2D eigenvalue weighted by atomic mass is 35.5. The van der Waals surface area contributed by atoms with Crippen LogP contribution in [0.4, 0.5) is 5.69 Å². The molecule has 0 amide bonds. The van der Waals surface area contributed by atoms with Crippen molar-refractivity contribution in [3.05, 3.63) is 53.6 Å². The van der Waals surface area contributed by atoms with Crippen LogP contribution in [0, 0.1) is 0 Å². The van der Waals surface area contributed by atoms with E-state index in [1.165, 1.54) is 35.8 Å². The lowest BCUT2D eigenvalue weighted by Gasteiger charge is -2.07. The van der Waals surface area contributed by atoms with Crippen molar-refractivity contribution >= 4 is 50.9 Å². The summed E-state index contributed by atoms with van der Waals surface area (Å²) < 4.78 is 24.9. The second kappa shape index (κ2) is 6.26. The molecule has 2 aromatic rings. The van der Waals surface area contributed by atoms with Crippen molar-refractivity contribution in [1.29, 1.82) is 0 Å². The molecule has 3 nitrogen and oxygen atoms in total. The average molecular weight is 324 g/mol. The maximum atomic E-state index is 12.4. The Morgan fingerprint density at radius 3 is 2.40 bits per heavy atom. The largest absolute Gasteiger partial charge is 0.256 e. The van der Waals surface area contributed by atoms with Crippen molar-refractivity contribution in [3.63, 3.8) is 0 Å². The zero-order chi connectivity index (χ0) is 14.6. The van der Waals surface area contributed by atoms with Gasteiger partial charge in [-0.3, -0.25) is 4.99 Å². The average Bonchev–Trinajstić information content (AvgIpc) is 2.46. The van der Waals surface area contributed by atoms with Crippen LogP contribution in [-0.4, -0.2) is 20.0 Å². The van der Waals surface area contributed by atoms with Gasteiger partial charge in [0.05, 0.1) is 20.5 Å². The highest BCUT2D eigenvalue weighted by molar-refractivity contribution is 7.91. The van der Waals surface area contributed by atoms with E-state index in [-0.39, 0.29) is 14.8 Å². The van der Waals surface area contributed by atoms with Crippen molar-refractivity contribution < 1.29 is 8.42 Å². The number of benzene rings is 2. The van der Waals surface area contributed by atoms with Gasteiger partial charge in [0.2, 0.25) is 9.84 Å². The number of thiocarbonyl (C=S) groups is 1. The zero-order valence-corrected chi connectivity index (χ0v) is 12.6. The summed E-state index contributed by atoms with van der Waals surface area (Å²) in [5.74, 6) is 0. The van der Waals surface area contributed by atoms with E-state index in [4.69, 9.17) is 11.6 Å². The maximum Gasteiger partial charge on any atom is 0.208 e. The Hall–Kier alpha value is -1.56. The monoisotopic (exact) mass is 323 g/mol. The minimum atomic E-state index is -3.62. The van der Waals surface area contributed by atoms with E-state index < -0.39 is 9.84 Å². The Bertz CT molecular complexity index is 756. The summed E-state index contributed by atoms with van der Waals surface area (Å²) in [6, 6.07) is 12.7. The lowest BCUT2D eigenvalue weighted by molar-refractivity contribution is 0.596. The van der Waals surface area contributed by atoms with E-state index in [2.05, 4.69) is 17.2 Å². The highest BCUT2D eigenvalue weighted by Crippen LogP contribution is 2.30. The van der Waals surface area contributed by atoms with Crippen molar-refractivity contribution in [3.8, 4) is 0 Å². The van der Waals surface area contributed by atoms with E-state index >= 15 is 0 Å². The minimum absolute atomic E-state index is 0.0617. The van der Waals surface area contributed by atoms with Gasteiger partial charge >= 0.3 is 0 Å². The number of hydrogen-bond acceptors (Lipinski definition) is 4. The van der Waals surface area contributed by atoms with Crippen LogP contribution in [0.1, 0.15) is 0 Å². The normalized spacial score (nSPS) is 11.7. The quantitative estimate of drug-likeness (QED) is 0.633. The standard InChI is InChI=1S/C14H10ClNO2S2/c15-13-10-11(16-8-9-19)6-7-14(13)20(17,18)12-4-2-1-3-5-12/h1-10H. The van der Waals surface area contributed by atoms with Gasteiger partial charge in [-0.2, -0.15) is 0 Å². The van der Waals surface area contributed by atoms with E-state index in [9.17, 15) is 8.42 Å². The summed E-state index contributed by atoms with van der Waals surface area (Å²) in [7, 11) is -3.62. The molecule has 0 aromatic heterocycles. The molecule has 2 rings (SSSR count). The van der Waals surface area contributed by atoms with Crippen LogP contribution in [0.3, 0.4) is 0 Å². The Balaban J connectivity index is 2.49. The van der Waals surface area contributed by atoms with Gasteiger partial charge in [-0.05, 0) is 30.3 Å². The number of aliphatic imine (C=N–C) groups is 1. The molecule has 0 unspecified atom stereocenters. The molecule has 2 aromatic carbocycles. The molecule has 0 saturated carbocycles. The van der Waals surface area contributed by atoms with Gasteiger partial charge in [0.25, 0.3) is 0 Å². The summed E-state index contributed by atoms with van der Waals surface area (Å²) >= 11 is 10.7. The molecular weight excluding hydrogens is 314 g/mol. The number of halogens is 1. The summed E-state index contributed by atoms with van der Waals surface area (Å²) in [5.41, 5.74) is 0.545. The zero-order valence-electron chi connectivity index (χ0n) is 10.2. The van der Waals surface area contributed by atoms with Gasteiger partial charge in [-0.25, -0.2) is 8.42 Å². The fourth-order valence-corrected chi connectivity index (χ4v) is 3.50. The molecule has 0 N–H and O–H groups in total. The number of sulfone groups is 1. The summed E-state index contributed by atoms with van der Waals surface area (Å²) in [6.45, 7) is 0. The first kappa shape index (κ1) is 14.8. The Kier molecular flexibility index (Phi) is 4.65. The van der Waals surface area contributed by atoms with Crippen LogP contribution < -0.4 is 0 Å². The molecule has 0 aliphatic carbocycles. The Morgan fingerprint density at radius 1 is 1.10 bits per heavy atom. The molecular formula is C14H10ClNO2S2. The van der Waals surface area contributed by atoms with Crippen LogP contribution in [0.15, 0.2) is 63.3 Å². The van der Waals surface area contributed by atoms with Gasteiger partial charge in [-0.15, -0.1) is 0 Å². The van der Waals surface area contributed by atoms with E-state index in [1.807, 2.05) is 0 Å². The first-order chi connectivity index (χ1) is 9.55. The van der Waals surface area contributed by atoms with Crippen LogP contribution in [0.2, 0.25) is 5.02 Å². The van der Waals surface area contributed by atoms with E-state index in [0.29, 0.717) is 5.69 Å². The van der Waals surface area contributed by atoms with Gasteiger partial charge in [0.1, 0.15) is 0 Å². The predicted molar refractivity (Wildman–Crippen MR) is 85.2 cm³/mol. The molecule has 0 bridgehead atoms. The van der Waals surface area contributed by atoms with Crippen LogP contribution in [0.5, 0.6) is 0 Å². The van der Waals surface area contributed by atoms with Crippen molar-refractivity contribution in [2.75, 3.05) is 0 Å². The Morgan fingerprint density at radius 2 is 1.80 bits per heavy atom. The lowest BCUT2D eigenvalue weighted by Crippen LogP contribution is -2.02. The minimum Gasteiger partial charge on any atom is -0.256 e. The second-order valence-corrected chi connectivity index (χ2v) is 6.44. The molecule has 0 aliphatic heterocycles. The number of hydrogen-bond donors (Lipinski definition) is 0. The van der Waals surface area contributed by atoms with Gasteiger partial charge in [-0.1, -0.05) is 42.0 Å². The molecule has 0 radical (unpaired) electrons. The summed E-state index contributed by atoms with van der Waals surface area (Å²) in [4.78, 5) is 4.28. The van der Waals surface area contributed by atoms with Crippen molar-refractivity contribution in [1.82, 2.24) is 0 Å². The lowest BCUT2D eigenvalue weighted by atomic mass is 10.3. The molecule has 0 heterocycles. The maximum absolute atomic E-state index is 12.4. The van der Waals surface area contributed by atoms with Gasteiger partial charge < -0.3 is 0 Å². The fraction of sp³-hybridized carbons (Fsp3) is 0. The molecule has 0 atom stereocenters. The SMILES string of the molecule is O=S(=O)(c1ccccc1)c1ccc(N=CC=S)cc1Cl. The third kappa shape index (κ3) is 3.12. The van der Waals surface area contributed by atoms with Gasteiger partial charge in [0.15, 0.2) is 0 Å². The fourth-order valence-electron chi connectivity index (χ4n) is 1.63. The first-order valence-corrected chi connectivity index (χ1v) is 7.96. The highest BCUT2D eigenvalue weighted by Gasteiger charge is 2.20. The predicted octanol–water partition coefficient (Wildman–Crippen LogP) is 3.87. The Labute approximate surface area is 127 Å². The summed E-state index contributed by atoms with van der Waals surface area (Å²) in [5, 5.41) is 1.50. The molecule has 20 heavy (non-hydrogen) atoms. The smallest absolute Gasteiger partial charge is 0.208 e. The molecule has 0 aliphatic rings. The van der Waals surface area contributed by atoms with Crippen molar-refractivity contribution in [2.24, 2.45) is 4.99 Å².